The monoisotopic (exact) mass is 303 g/mol. The summed E-state index contributed by atoms with van der Waals surface area (Å²) in [4.78, 5) is 15.2. The number of benzene rings is 1. The Morgan fingerprint density at radius 3 is 2.90 bits per heavy atom. The van der Waals surface area contributed by atoms with Crippen molar-refractivity contribution >= 4 is 17.7 Å². The number of nitrogens with zero attached hydrogens (tertiary/aromatic N) is 1. The number of hydrogen-bond donors (Lipinski definition) is 1. The molecule has 110 valence electrons. The van der Waals surface area contributed by atoms with Gasteiger partial charge in [0.05, 0.1) is 12.2 Å². The summed E-state index contributed by atoms with van der Waals surface area (Å²) in [7, 11) is 0. The second kappa shape index (κ2) is 7.13. The van der Waals surface area contributed by atoms with E-state index in [0.717, 1.165) is 16.9 Å². The fourth-order valence-electron chi connectivity index (χ4n) is 1.82. The molecule has 0 aliphatic rings. The van der Waals surface area contributed by atoms with E-state index < -0.39 is 5.97 Å². The number of hydrogen-bond acceptors (Lipinski definition) is 4. The number of aromatic nitrogens is 1. The molecule has 21 heavy (non-hydrogen) atoms. The summed E-state index contributed by atoms with van der Waals surface area (Å²) >= 11 is 1.39. The van der Waals surface area contributed by atoms with Crippen molar-refractivity contribution in [2.45, 2.75) is 18.9 Å². The largest absolute Gasteiger partial charge is 0.492 e. The van der Waals surface area contributed by atoms with E-state index in [9.17, 15) is 4.79 Å². The number of rotatable bonds is 6. The first kappa shape index (κ1) is 15.4. The van der Waals surface area contributed by atoms with Crippen molar-refractivity contribution in [3.63, 3.8) is 0 Å². The zero-order chi connectivity index (χ0) is 15.2. The molecule has 0 spiro atoms. The van der Waals surface area contributed by atoms with Crippen molar-refractivity contribution < 1.29 is 14.6 Å². The molecule has 0 amide bonds. The lowest BCUT2D eigenvalue weighted by Gasteiger charge is -2.10. The Bertz CT molecular complexity index is 643. The minimum absolute atomic E-state index is 0.231. The highest BCUT2D eigenvalue weighted by Gasteiger charge is 2.10. The molecule has 0 saturated carbocycles. The van der Waals surface area contributed by atoms with Gasteiger partial charge < -0.3 is 9.84 Å². The zero-order valence-corrected chi connectivity index (χ0v) is 12.8. The fourth-order valence-corrected chi connectivity index (χ4v) is 2.63. The molecule has 1 aromatic heterocycles. The Balaban J connectivity index is 1.91. The van der Waals surface area contributed by atoms with Gasteiger partial charge in [-0.15, -0.1) is 11.8 Å². The average Bonchev–Trinajstić information content (AvgIpc) is 2.47. The van der Waals surface area contributed by atoms with Crippen LogP contribution in [0.4, 0.5) is 0 Å². The van der Waals surface area contributed by atoms with Crippen LogP contribution in [-0.2, 0) is 0 Å². The number of pyridine rings is 1. The van der Waals surface area contributed by atoms with Gasteiger partial charge in [0.1, 0.15) is 10.8 Å². The Kier molecular flexibility index (Phi) is 5.22. The van der Waals surface area contributed by atoms with Crippen LogP contribution in [0.2, 0.25) is 0 Å². The number of aryl methyl sites for hydroxylation is 2. The molecule has 0 saturated heterocycles. The first-order chi connectivity index (χ1) is 10.1. The topological polar surface area (TPSA) is 59.4 Å². The highest BCUT2D eigenvalue weighted by Crippen LogP contribution is 2.22. The molecule has 1 heterocycles. The Morgan fingerprint density at radius 2 is 2.14 bits per heavy atom. The molecule has 0 fully saturated rings. The van der Waals surface area contributed by atoms with Crippen molar-refractivity contribution in [3.8, 4) is 5.75 Å². The van der Waals surface area contributed by atoms with Crippen LogP contribution >= 0.6 is 11.8 Å². The van der Waals surface area contributed by atoms with Crippen molar-refractivity contribution in [1.29, 1.82) is 0 Å². The van der Waals surface area contributed by atoms with Gasteiger partial charge in [-0.1, -0.05) is 12.1 Å². The molecular weight excluding hydrogens is 286 g/mol. The maximum absolute atomic E-state index is 11.1. The third-order valence-corrected chi connectivity index (χ3v) is 3.89. The molecule has 0 atom stereocenters. The van der Waals surface area contributed by atoms with Crippen LogP contribution in [0, 0.1) is 13.8 Å². The van der Waals surface area contributed by atoms with Crippen LogP contribution in [0.5, 0.6) is 5.75 Å². The standard InChI is InChI=1S/C16H17NO3S/c1-11-5-6-12(2)14(10-11)20-8-9-21-15-13(16(18)19)4-3-7-17-15/h3-7,10H,8-9H2,1-2H3,(H,18,19). The quantitative estimate of drug-likeness (QED) is 0.653. The van der Waals surface area contributed by atoms with Gasteiger partial charge in [0.25, 0.3) is 0 Å². The molecule has 2 aromatic rings. The molecule has 0 bridgehead atoms. The molecule has 1 aromatic carbocycles. The lowest BCUT2D eigenvalue weighted by molar-refractivity contribution is 0.0692. The van der Waals surface area contributed by atoms with Gasteiger partial charge in [0.15, 0.2) is 0 Å². The molecule has 0 aliphatic carbocycles. The van der Waals surface area contributed by atoms with Gasteiger partial charge in [-0.3, -0.25) is 0 Å². The van der Waals surface area contributed by atoms with Crippen molar-refractivity contribution in [1.82, 2.24) is 4.98 Å². The van der Waals surface area contributed by atoms with E-state index in [1.807, 2.05) is 32.0 Å². The molecule has 2 rings (SSSR count). The predicted molar refractivity (Wildman–Crippen MR) is 83.3 cm³/mol. The van der Waals surface area contributed by atoms with E-state index in [2.05, 4.69) is 4.98 Å². The van der Waals surface area contributed by atoms with E-state index in [1.54, 1.807) is 18.3 Å². The molecule has 5 heteroatoms. The number of aromatic carboxylic acids is 1. The van der Waals surface area contributed by atoms with E-state index in [0.29, 0.717) is 17.4 Å². The van der Waals surface area contributed by atoms with E-state index in [-0.39, 0.29) is 5.56 Å². The average molecular weight is 303 g/mol. The van der Waals surface area contributed by atoms with E-state index in [1.165, 1.54) is 11.8 Å². The minimum Gasteiger partial charge on any atom is -0.492 e. The molecule has 4 nitrogen and oxygen atoms in total. The summed E-state index contributed by atoms with van der Waals surface area (Å²) in [6.45, 7) is 4.53. The van der Waals surface area contributed by atoms with E-state index >= 15 is 0 Å². The lowest BCUT2D eigenvalue weighted by Crippen LogP contribution is -2.04. The number of ether oxygens (including phenoxy) is 1. The molecule has 0 radical (unpaired) electrons. The Morgan fingerprint density at radius 1 is 1.33 bits per heavy atom. The van der Waals surface area contributed by atoms with Gasteiger partial charge in [0.2, 0.25) is 0 Å². The SMILES string of the molecule is Cc1ccc(C)c(OCCSc2ncccc2C(=O)O)c1. The smallest absolute Gasteiger partial charge is 0.338 e. The van der Waals surface area contributed by atoms with Crippen molar-refractivity contribution in [2.24, 2.45) is 0 Å². The second-order valence-electron chi connectivity index (χ2n) is 4.63. The summed E-state index contributed by atoms with van der Waals surface area (Å²) in [5.41, 5.74) is 2.48. The Labute approximate surface area is 128 Å². The zero-order valence-electron chi connectivity index (χ0n) is 12.0. The lowest BCUT2D eigenvalue weighted by atomic mass is 10.1. The van der Waals surface area contributed by atoms with Crippen LogP contribution in [0.3, 0.4) is 0 Å². The maximum atomic E-state index is 11.1. The van der Waals surface area contributed by atoms with Crippen LogP contribution < -0.4 is 4.74 Å². The highest BCUT2D eigenvalue weighted by atomic mass is 32.2. The number of carbonyl (C=O) groups is 1. The fraction of sp³-hybridized carbons (Fsp3) is 0.250. The van der Waals surface area contributed by atoms with Crippen LogP contribution in [0.15, 0.2) is 41.6 Å². The summed E-state index contributed by atoms with van der Waals surface area (Å²) in [5.74, 6) is 0.557. The second-order valence-corrected chi connectivity index (χ2v) is 5.71. The van der Waals surface area contributed by atoms with Crippen LogP contribution in [0.1, 0.15) is 21.5 Å². The minimum atomic E-state index is -0.957. The van der Waals surface area contributed by atoms with Crippen molar-refractivity contribution in [3.05, 3.63) is 53.2 Å². The summed E-state index contributed by atoms with van der Waals surface area (Å²) in [6.07, 6.45) is 1.60. The number of carboxylic acids is 1. The van der Waals surface area contributed by atoms with Gasteiger partial charge in [-0.05, 0) is 43.2 Å². The van der Waals surface area contributed by atoms with Gasteiger partial charge in [0, 0.05) is 11.9 Å². The number of carboxylic acid groups (broad SMARTS) is 1. The summed E-state index contributed by atoms with van der Waals surface area (Å²) in [5, 5.41) is 9.61. The number of thioether (sulfide) groups is 1. The first-order valence-electron chi connectivity index (χ1n) is 6.59. The third kappa shape index (κ3) is 4.23. The molecule has 0 unspecified atom stereocenters. The Hall–Kier alpha value is -2.01. The molecule has 1 N–H and O–H groups in total. The third-order valence-electron chi connectivity index (χ3n) is 2.92. The van der Waals surface area contributed by atoms with Gasteiger partial charge >= 0.3 is 5.97 Å². The van der Waals surface area contributed by atoms with Crippen LogP contribution in [-0.4, -0.2) is 28.4 Å². The molecular formula is C16H17NO3S. The predicted octanol–water partition coefficient (Wildman–Crippen LogP) is 3.57. The van der Waals surface area contributed by atoms with Crippen LogP contribution in [0.25, 0.3) is 0 Å². The highest BCUT2D eigenvalue weighted by molar-refractivity contribution is 7.99. The van der Waals surface area contributed by atoms with E-state index in [4.69, 9.17) is 9.84 Å². The normalized spacial score (nSPS) is 10.4. The van der Waals surface area contributed by atoms with Gasteiger partial charge in [-0.2, -0.15) is 0 Å². The van der Waals surface area contributed by atoms with Crippen molar-refractivity contribution in [2.75, 3.05) is 12.4 Å². The maximum Gasteiger partial charge on any atom is 0.338 e. The summed E-state index contributed by atoms with van der Waals surface area (Å²) in [6, 6.07) is 9.26. The van der Waals surface area contributed by atoms with Gasteiger partial charge in [-0.25, -0.2) is 9.78 Å². The molecule has 0 aliphatic heterocycles. The summed E-state index contributed by atoms with van der Waals surface area (Å²) < 4.78 is 5.74. The first-order valence-corrected chi connectivity index (χ1v) is 7.57.